The molecule has 1 aliphatic heterocycles. The minimum Gasteiger partial charge on any atom is -0.489 e. The molecule has 0 saturated carbocycles. The Labute approximate surface area is 141 Å². The van der Waals surface area contributed by atoms with Crippen LogP contribution in [0.2, 0.25) is 5.02 Å². The van der Waals surface area contributed by atoms with Gasteiger partial charge in [0.05, 0.1) is 24.3 Å². The molecule has 134 valence electrons. The van der Waals surface area contributed by atoms with Crippen LogP contribution in [-0.4, -0.2) is 42.5 Å². The molecular formula is C15H17ClF3NO4. The second-order valence-electron chi connectivity index (χ2n) is 5.31. The zero-order valence-electron chi connectivity index (χ0n) is 12.8. The van der Waals surface area contributed by atoms with E-state index in [1.807, 2.05) is 0 Å². The van der Waals surface area contributed by atoms with Crippen LogP contribution in [0.3, 0.4) is 0 Å². The van der Waals surface area contributed by atoms with E-state index in [4.69, 9.17) is 21.1 Å². The van der Waals surface area contributed by atoms with Crippen LogP contribution in [0.4, 0.5) is 13.2 Å². The van der Waals surface area contributed by atoms with Crippen molar-refractivity contribution < 1.29 is 32.5 Å². The summed E-state index contributed by atoms with van der Waals surface area (Å²) in [6.07, 6.45) is -6.93. The fourth-order valence-corrected chi connectivity index (χ4v) is 2.51. The molecule has 1 aromatic carbocycles. The maximum atomic E-state index is 12.6. The van der Waals surface area contributed by atoms with E-state index in [1.165, 1.54) is 19.1 Å². The third-order valence-electron chi connectivity index (χ3n) is 3.54. The van der Waals surface area contributed by atoms with Gasteiger partial charge >= 0.3 is 6.18 Å². The normalized spacial score (nSPS) is 16.9. The second kappa shape index (κ2) is 7.48. The molecule has 9 heteroatoms. The topological polar surface area (TPSA) is 67.8 Å². The van der Waals surface area contributed by atoms with Gasteiger partial charge in [0.1, 0.15) is 0 Å². The monoisotopic (exact) mass is 367 g/mol. The number of amides is 1. The van der Waals surface area contributed by atoms with Crippen LogP contribution >= 0.6 is 11.6 Å². The number of aliphatic hydroxyl groups excluding tert-OH is 1. The maximum Gasteiger partial charge on any atom is 0.416 e. The summed E-state index contributed by atoms with van der Waals surface area (Å²) in [6, 6.07) is 1.18. The van der Waals surface area contributed by atoms with Crippen molar-refractivity contribution >= 4 is 17.5 Å². The standard InChI is InChI=1S/C15H17ClF3NO4/c1-2-10(13(21)15(17,18)19)20-14(22)8-6-9(16)12-11(7-8)23-4-3-5-24-12/h6-7,10,13,21H,2-5H2,1H3,(H,20,22)/t10-,13+/m1/s1. The zero-order chi connectivity index (χ0) is 17.9. The average molecular weight is 368 g/mol. The number of rotatable bonds is 4. The summed E-state index contributed by atoms with van der Waals surface area (Å²) in [5.41, 5.74) is 0.0251. The number of aliphatic hydroxyl groups is 1. The minimum atomic E-state index is -4.82. The number of carbonyl (C=O) groups is 1. The first-order chi connectivity index (χ1) is 11.2. The van der Waals surface area contributed by atoms with Gasteiger partial charge in [-0.1, -0.05) is 18.5 Å². The van der Waals surface area contributed by atoms with Gasteiger partial charge in [0.25, 0.3) is 5.91 Å². The number of nitrogens with one attached hydrogen (secondary N) is 1. The van der Waals surface area contributed by atoms with E-state index in [0.29, 0.717) is 25.4 Å². The molecule has 0 spiro atoms. The molecule has 1 heterocycles. The van der Waals surface area contributed by atoms with Gasteiger partial charge < -0.3 is 19.9 Å². The van der Waals surface area contributed by atoms with Crippen LogP contribution in [0.5, 0.6) is 11.5 Å². The molecule has 1 aromatic rings. The van der Waals surface area contributed by atoms with Crippen LogP contribution < -0.4 is 14.8 Å². The molecule has 2 atom stereocenters. The first kappa shape index (κ1) is 18.7. The summed E-state index contributed by atoms with van der Waals surface area (Å²) in [6.45, 7) is 2.22. The molecule has 0 aliphatic carbocycles. The first-order valence-electron chi connectivity index (χ1n) is 7.38. The summed E-state index contributed by atoms with van der Waals surface area (Å²) >= 11 is 6.06. The molecule has 0 bridgehead atoms. The van der Waals surface area contributed by atoms with Crippen LogP contribution in [0.1, 0.15) is 30.1 Å². The van der Waals surface area contributed by atoms with Crippen LogP contribution in [0, 0.1) is 0 Å². The van der Waals surface area contributed by atoms with Crippen molar-refractivity contribution in [2.75, 3.05) is 13.2 Å². The van der Waals surface area contributed by atoms with Crippen molar-refractivity contribution in [3.63, 3.8) is 0 Å². The molecule has 1 aliphatic rings. The number of ether oxygens (including phenoxy) is 2. The summed E-state index contributed by atoms with van der Waals surface area (Å²) in [4.78, 5) is 12.2. The van der Waals surface area contributed by atoms with Crippen molar-refractivity contribution in [3.8, 4) is 11.5 Å². The molecule has 1 amide bonds. The first-order valence-corrected chi connectivity index (χ1v) is 7.76. The highest BCUT2D eigenvalue weighted by Gasteiger charge is 2.43. The molecule has 0 unspecified atom stereocenters. The Hall–Kier alpha value is -1.67. The Bertz CT molecular complexity index is 609. The highest BCUT2D eigenvalue weighted by molar-refractivity contribution is 6.32. The smallest absolute Gasteiger partial charge is 0.416 e. The largest absolute Gasteiger partial charge is 0.489 e. The van der Waals surface area contributed by atoms with Crippen LogP contribution in [0.25, 0.3) is 0 Å². The number of benzene rings is 1. The summed E-state index contributed by atoms with van der Waals surface area (Å²) < 4.78 is 48.7. The Morgan fingerprint density at radius 3 is 2.67 bits per heavy atom. The molecule has 24 heavy (non-hydrogen) atoms. The number of hydrogen-bond donors (Lipinski definition) is 2. The Kier molecular flexibility index (Phi) is 5.82. The molecule has 0 radical (unpaired) electrons. The third kappa shape index (κ3) is 4.24. The van der Waals surface area contributed by atoms with E-state index in [2.05, 4.69) is 5.32 Å². The lowest BCUT2D eigenvalue weighted by Gasteiger charge is -2.25. The lowest BCUT2D eigenvalue weighted by molar-refractivity contribution is -0.211. The van der Waals surface area contributed by atoms with Crippen molar-refractivity contribution in [2.45, 2.75) is 38.1 Å². The summed E-state index contributed by atoms with van der Waals surface area (Å²) in [5.74, 6) is -0.231. The SMILES string of the molecule is CC[C@@H](NC(=O)c1cc(Cl)c2c(c1)OCCCO2)[C@H](O)C(F)(F)F. The average Bonchev–Trinajstić information content (AvgIpc) is 2.76. The molecule has 0 aromatic heterocycles. The maximum absolute atomic E-state index is 12.6. The Morgan fingerprint density at radius 1 is 1.38 bits per heavy atom. The van der Waals surface area contributed by atoms with Crippen molar-refractivity contribution in [1.82, 2.24) is 5.32 Å². The van der Waals surface area contributed by atoms with Gasteiger partial charge in [-0.3, -0.25) is 4.79 Å². The van der Waals surface area contributed by atoms with E-state index in [9.17, 15) is 23.1 Å². The van der Waals surface area contributed by atoms with Gasteiger partial charge in [0.15, 0.2) is 17.6 Å². The number of alkyl halides is 3. The third-order valence-corrected chi connectivity index (χ3v) is 3.82. The zero-order valence-corrected chi connectivity index (χ0v) is 13.6. The van der Waals surface area contributed by atoms with Crippen LogP contribution in [0.15, 0.2) is 12.1 Å². The van der Waals surface area contributed by atoms with Crippen molar-refractivity contribution in [3.05, 3.63) is 22.7 Å². The van der Waals surface area contributed by atoms with E-state index in [1.54, 1.807) is 0 Å². The van der Waals surface area contributed by atoms with Gasteiger partial charge in [0, 0.05) is 12.0 Å². The molecule has 5 nitrogen and oxygen atoms in total. The van der Waals surface area contributed by atoms with Crippen molar-refractivity contribution in [2.24, 2.45) is 0 Å². The molecule has 0 fully saturated rings. The van der Waals surface area contributed by atoms with Crippen LogP contribution in [-0.2, 0) is 0 Å². The fraction of sp³-hybridized carbons (Fsp3) is 0.533. The number of halogens is 4. The number of carbonyl (C=O) groups excluding carboxylic acids is 1. The van der Waals surface area contributed by atoms with E-state index < -0.39 is 24.2 Å². The minimum absolute atomic E-state index is 0.0251. The van der Waals surface area contributed by atoms with Gasteiger partial charge in [-0.15, -0.1) is 0 Å². The predicted octanol–water partition coefficient (Wildman–Crippen LogP) is 2.93. The van der Waals surface area contributed by atoms with Gasteiger partial charge in [-0.25, -0.2) is 0 Å². The highest BCUT2D eigenvalue weighted by Crippen LogP contribution is 2.38. The lowest BCUT2D eigenvalue weighted by atomic mass is 10.1. The molecule has 2 rings (SSSR count). The Balaban J connectivity index is 2.20. The van der Waals surface area contributed by atoms with E-state index in [0.717, 1.165) is 0 Å². The summed E-state index contributed by atoms with van der Waals surface area (Å²) in [5, 5.41) is 11.6. The molecule has 2 N–H and O–H groups in total. The van der Waals surface area contributed by atoms with Crippen molar-refractivity contribution in [1.29, 1.82) is 0 Å². The Morgan fingerprint density at radius 2 is 2.04 bits per heavy atom. The van der Waals surface area contributed by atoms with Gasteiger partial charge in [-0.05, 0) is 18.6 Å². The molecule has 0 saturated heterocycles. The predicted molar refractivity (Wildman–Crippen MR) is 80.7 cm³/mol. The number of fused-ring (bicyclic) bond motifs is 1. The molecular weight excluding hydrogens is 351 g/mol. The quantitative estimate of drug-likeness (QED) is 0.858. The van der Waals surface area contributed by atoms with Gasteiger partial charge in [0.2, 0.25) is 0 Å². The van der Waals surface area contributed by atoms with E-state index in [-0.39, 0.29) is 22.8 Å². The highest BCUT2D eigenvalue weighted by atomic mass is 35.5. The van der Waals surface area contributed by atoms with E-state index >= 15 is 0 Å². The summed E-state index contributed by atoms with van der Waals surface area (Å²) in [7, 11) is 0. The van der Waals surface area contributed by atoms with Gasteiger partial charge in [-0.2, -0.15) is 13.2 Å². The lowest BCUT2D eigenvalue weighted by Crippen LogP contribution is -2.49. The number of hydrogen-bond acceptors (Lipinski definition) is 4. The fourth-order valence-electron chi connectivity index (χ4n) is 2.25. The second-order valence-corrected chi connectivity index (χ2v) is 5.72.